The highest BCUT2D eigenvalue weighted by Gasteiger charge is 2.52. The van der Waals surface area contributed by atoms with E-state index in [1.165, 1.54) is 55.6 Å². The highest BCUT2D eigenvalue weighted by atomic mass is 16.3. The van der Waals surface area contributed by atoms with E-state index in [0.717, 1.165) is 72.3 Å². The van der Waals surface area contributed by atoms with Gasteiger partial charge in [-0.3, -0.25) is 0 Å². The molecular formula is C65H40N2O. The van der Waals surface area contributed by atoms with Crippen LogP contribution in [0.4, 0.5) is 0 Å². The first-order chi connectivity index (χ1) is 33.7. The van der Waals surface area contributed by atoms with Crippen molar-refractivity contribution in [2.24, 2.45) is 0 Å². The van der Waals surface area contributed by atoms with Gasteiger partial charge in [0.15, 0.2) is 5.82 Å². The van der Waals surface area contributed by atoms with Gasteiger partial charge in [-0.25, -0.2) is 9.97 Å². The van der Waals surface area contributed by atoms with E-state index in [2.05, 4.69) is 224 Å². The summed E-state index contributed by atoms with van der Waals surface area (Å²) in [5.41, 5.74) is 23.1. The third-order valence-corrected chi connectivity index (χ3v) is 14.3. The maximum absolute atomic E-state index is 6.30. The Bertz CT molecular complexity index is 3930. The van der Waals surface area contributed by atoms with Crippen LogP contribution in [0.2, 0.25) is 0 Å². The first kappa shape index (κ1) is 38.4. The minimum Gasteiger partial charge on any atom is -0.456 e. The predicted molar refractivity (Wildman–Crippen MR) is 278 cm³/mol. The number of aromatic nitrogens is 2. The van der Waals surface area contributed by atoms with Crippen molar-refractivity contribution >= 4 is 21.9 Å². The molecule has 12 aromatic rings. The minimum atomic E-state index is -0.466. The molecule has 0 amide bonds. The quantitative estimate of drug-likeness (QED) is 0.167. The molecule has 0 bridgehead atoms. The van der Waals surface area contributed by atoms with Crippen LogP contribution in [0.1, 0.15) is 22.3 Å². The van der Waals surface area contributed by atoms with Crippen molar-refractivity contribution in [3.05, 3.63) is 265 Å². The van der Waals surface area contributed by atoms with E-state index in [1.807, 2.05) is 18.2 Å². The fraction of sp³-hybridized carbons (Fsp3) is 0.0154. The third kappa shape index (κ3) is 5.79. The molecule has 0 saturated heterocycles. The van der Waals surface area contributed by atoms with Crippen molar-refractivity contribution in [2.75, 3.05) is 0 Å². The summed E-state index contributed by atoms with van der Waals surface area (Å²) in [5.74, 6) is 0.678. The molecular weight excluding hydrogens is 825 g/mol. The van der Waals surface area contributed by atoms with Gasteiger partial charge in [-0.2, -0.15) is 0 Å². The molecule has 316 valence electrons. The lowest BCUT2D eigenvalue weighted by atomic mass is 9.70. The normalized spacial score (nSPS) is 12.8. The average molecular weight is 865 g/mol. The second-order valence-corrected chi connectivity index (χ2v) is 18.0. The van der Waals surface area contributed by atoms with Crippen molar-refractivity contribution in [1.29, 1.82) is 0 Å². The van der Waals surface area contributed by atoms with Crippen LogP contribution in [0.3, 0.4) is 0 Å². The fourth-order valence-electron chi connectivity index (χ4n) is 11.3. The van der Waals surface area contributed by atoms with Crippen LogP contribution in [0.5, 0.6) is 0 Å². The van der Waals surface area contributed by atoms with E-state index in [9.17, 15) is 0 Å². The Labute approximate surface area is 394 Å². The standard InChI is InChI=1S/C65H40N2O/c1-3-17-41(18-4-1)43-21-15-22-44(35-43)46-36-47(45-33-34-62-54(39-45)51-25-10-14-32-61(51)68-62)38-48(37-46)59-40-60(67-64(66-59)42-19-5-2-6-20-42)53-27-16-31-58-63(53)52-26-9-13-30-57(52)65(58)55-28-11-7-23-49(55)50-24-8-12-29-56(50)65/h1-40H. The molecule has 0 aliphatic heterocycles. The number of rotatable bonds is 6. The fourth-order valence-corrected chi connectivity index (χ4v) is 11.3. The Hall–Kier alpha value is -8.92. The van der Waals surface area contributed by atoms with Gasteiger partial charge in [0.2, 0.25) is 0 Å². The molecule has 0 unspecified atom stereocenters. The Morgan fingerprint density at radius 3 is 1.50 bits per heavy atom. The number of hydrogen-bond donors (Lipinski definition) is 0. The van der Waals surface area contributed by atoms with Gasteiger partial charge in [-0.15, -0.1) is 0 Å². The first-order valence-electron chi connectivity index (χ1n) is 23.3. The van der Waals surface area contributed by atoms with Gasteiger partial charge in [0.1, 0.15) is 11.2 Å². The molecule has 68 heavy (non-hydrogen) atoms. The lowest BCUT2D eigenvalue weighted by molar-refractivity contribution is 0.669. The monoisotopic (exact) mass is 864 g/mol. The van der Waals surface area contributed by atoms with Crippen LogP contribution in [0.15, 0.2) is 247 Å². The van der Waals surface area contributed by atoms with Crippen LogP contribution >= 0.6 is 0 Å². The summed E-state index contributed by atoms with van der Waals surface area (Å²) in [5, 5.41) is 2.20. The summed E-state index contributed by atoms with van der Waals surface area (Å²) in [6.45, 7) is 0. The molecule has 14 rings (SSSR count). The zero-order valence-corrected chi connectivity index (χ0v) is 36.9. The Balaban J connectivity index is 1.01. The largest absolute Gasteiger partial charge is 0.456 e. The van der Waals surface area contributed by atoms with Gasteiger partial charge >= 0.3 is 0 Å². The number of nitrogens with zero attached hydrogens (tertiary/aromatic N) is 2. The van der Waals surface area contributed by atoms with Gasteiger partial charge in [-0.1, -0.05) is 194 Å². The number of fused-ring (bicyclic) bond motifs is 13. The molecule has 3 nitrogen and oxygen atoms in total. The summed E-state index contributed by atoms with van der Waals surface area (Å²) in [6, 6.07) is 87.6. The van der Waals surface area contributed by atoms with Gasteiger partial charge in [0.25, 0.3) is 0 Å². The summed E-state index contributed by atoms with van der Waals surface area (Å²) in [4.78, 5) is 11.0. The average Bonchev–Trinajstić information content (AvgIpc) is 4.05. The summed E-state index contributed by atoms with van der Waals surface area (Å²) in [6.07, 6.45) is 0. The number of furan rings is 1. The zero-order valence-electron chi connectivity index (χ0n) is 36.9. The van der Waals surface area contributed by atoms with E-state index >= 15 is 0 Å². The summed E-state index contributed by atoms with van der Waals surface area (Å²) < 4.78 is 6.30. The number of para-hydroxylation sites is 1. The highest BCUT2D eigenvalue weighted by Crippen LogP contribution is 2.64. The molecule has 2 aromatic heterocycles. The van der Waals surface area contributed by atoms with Gasteiger partial charge < -0.3 is 4.42 Å². The third-order valence-electron chi connectivity index (χ3n) is 14.3. The van der Waals surface area contributed by atoms with Crippen molar-refractivity contribution in [2.45, 2.75) is 5.41 Å². The van der Waals surface area contributed by atoms with Crippen molar-refractivity contribution in [3.8, 4) is 89.5 Å². The van der Waals surface area contributed by atoms with Crippen LogP contribution in [-0.4, -0.2) is 9.97 Å². The van der Waals surface area contributed by atoms with E-state index in [1.54, 1.807) is 0 Å². The number of hydrogen-bond acceptors (Lipinski definition) is 3. The molecule has 0 N–H and O–H groups in total. The van der Waals surface area contributed by atoms with Crippen LogP contribution in [0.25, 0.3) is 111 Å². The zero-order chi connectivity index (χ0) is 44.8. The van der Waals surface area contributed by atoms with Crippen LogP contribution in [-0.2, 0) is 5.41 Å². The Morgan fingerprint density at radius 2 is 0.765 bits per heavy atom. The summed E-state index contributed by atoms with van der Waals surface area (Å²) >= 11 is 0. The Morgan fingerprint density at radius 1 is 0.279 bits per heavy atom. The molecule has 0 saturated carbocycles. The maximum atomic E-state index is 6.30. The molecule has 0 radical (unpaired) electrons. The van der Waals surface area contributed by atoms with Crippen LogP contribution < -0.4 is 0 Å². The van der Waals surface area contributed by atoms with Crippen molar-refractivity contribution < 1.29 is 4.42 Å². The maximum Gasteiger partial charge on any atom is 0.160 e. The van der Waals surface area contributed by atoms with Crippen molar-refractivity contribution in [3.63, 3.8) is 0 Å². The minimum absolute atomic E-state index is 0.466. The highest BCUT2D eigenvalue weighted by molar-refractivity contribution is 6.06. The van der Waals surface area contributed by atoms with E-state index < -0.39 is 5.41 Å². The molecule has 2 aliphatic rings. The first-order valence-corrected chi connectivity index (χ1v) is 23.3. The second-order valence-electron chi connectivity index (χ2n) is 18.0. The molecule has 2 aliphatic carbocycles. The Kier molecular flexibility index (Phi) is 8.50. The molecule has 0 fully saturated rings. The lowest BCUT2D eigenvalue weighted by Crippen LogP contribution is -2.25. The van der Waals surface area contributed by atoms with E-state index in [0.29, 0.717) is 5.82 Å². The number of benzene rings is 10. The summed E-state index contributed by atoms with van der Waals surface area (Å²) in [7, 11) is 0. The molecule has 1 spiro atoms. The van der Waals surface area contributed by atoms with E-state index in [-0.39, 0.29) is 0 Å². The lowest BCUT2D eigenvalue weighted by Gasteiger charge is -2.30. The van der Waals surface area contributed by atoms with Gasteiger partial charge in [-0.05, 0) is 126 Å². The smallest absolute Gasteiger partial charge is 0.160 e. The van der Waals surface area contributed by atoms with E-state index in [4.69, 9.17) is 14.4 Å². The predicted octanol–water partition coefficient (Wildman–Crippen LogP) is 16.7. The molecule has 10 aromatic carbocycles. The molecule has 0 atom stereocenters. The second kappa shape index (κ2) is 15.1. The topological polar surface area (TPSA) is 38.9 Å². The van der Waals surface area contributed by atoms with Gasteiger partial charge in [0, 0.05) is 27.5 Å². The molecule has 3 heteroatoms. The molecule has 2 heterocycles. The SMILES string of the molecule is c1ccc(-c2cccc(-c3cc(-c4ccc5oc6ccccc6c5c4)cc(-c4cc(-c5cccc6c5-c5ccccc5C65c6ccccc6-c6ccccc65)nc(-c5ccccc5)n4)c3)c2)cc1. The van der Waals surface area contributed by atoms with Crippen LogP contribution in [0, 0.1) is 0 Å². The van der Waals surface area contributed by atoms with Gasteiger partial charge in [0.05, 0.1) is 16.8 Å². The van der Waals surface area contributed by atoms with Crippen molar-refractivity contribution in [1.82, 2.24) is 9.97 Å².